The van der Waals surface area contributed by atoms with E-state index in [1.54, 1.807) is 11.8 Å². The fourth-order valence-corrected chi connectivity index (χ4v) is 2.95. The lowest BCUT2D eigenvalue weighted by atomic mass is 9.84. The molecule has 0 aromatic rings. The summed E-state index contributed by atoms with van der Waals surface area (Å²) in [6, 6.07) is -0.0587. The maximum atomic E-state index is 11.9. The summed E-state index contributed by atoms with van der Waals surface area (Å²) in [6.07, 6.45) is 9.28. The number of nitrogens with two attached hydrogens (primary N) is 1. The van der Waals surface area contributed by atoms with Crippen molar-refractivity contribution in [1.29, 1.82) is 0 Å². The van der Waals surface area contributed by atoms with Gasteiger partial charge in [0.1, 0.15) is 0 Å². The van der Waals surface area contributed by atoms with E-state index in [2.05, 4.69) is 12.2 Å². The van der Waals surface area contributed by atoms with Gasteiger partial charge in [-0.1, -0.05) is 19.3 Å². The molecule has 1 saturated carbocycles. The van der Waals surface area contributed by atoms with E-state index in [0.29, 0.717) is 5.92 Å². The van der Waals surface area contributed by atoms with Crippen molar-refractivity contribution >= 4 is 17.7 Å². The third-order valence-corrected chi connectivity index (χ3v) is 4.34. The Balaban J connectivity index is 2.28. The van der Waals surface area contributed by atoms with E-state index in [4.69, 9.17) is 5.73 Å². The van der Waals surface area contributed by atoms with Gasteiger partial charge in [-0.3, -0.25) is 4.79 Å². The number of carbonyl (C=O) groups is 1. The van der Waals surface area contributed by atoms with Crippen molar-refractivity contribution in [2.75, 3.05) is 12.0 Å². The van der Waals surface area contributed by atoms with E-state index in [-0.39, 0.29) is 18.0 Å². The third kappa shape index (κ3) is 5.30. The third-order valence-electron chi connectivity index (χ3n) is 3.70. The van der Waals surface area contributed by atoms with Crippen LogP contribution in [0.25, 0.3) is 0 Å². The number of thioether (sulfide) groups is 1. The standard InChI is InChI=1S/C13H26N2OS/c1-10(11-6-4-3-5-7-11)15-13(16)12(14)8-9-17-2/h10-12H,3-9,14H2,1-2H3,(H,15,16)/t10?,12-/m0/s1. The van der Waals surface area contributed by atoms with E-state index < -0.39 is 0 Å². The quantitative estimate of drug-likeness (QED) is 0.767. The molecule has 17 heavy (non-hydrogen) atoms. The molecule has 0 spiro atoms. The molecule has 1 aliphatic carbocycles. The second-order valence-corrected chi connectivity index (χ2v) is 6.07. The lowest BCUT2D eigenvalue weighted by molar-refractivity contribution is -0.123. The molecule has 1 unspecified atom stereocenters. The summed E-state index contributed by atoms with van der Waals surface area (Å²) in [5.41, 5.74) is 5.86. The highest BCUT2D eigenvalue weighted by atomic mass is 32.2. The molecule has 4 heteroatoms. The van der Waals surface area contributed by atoms with Gasteiger partial charge >= 0.3 is 0 Å². The van der Waals surface area contributed by atoms with Gasteiger partial charge < -0.3 is 11.1 Å². The second-order valence-electron chi connectivity index (χ2n) is 5.08. The highest BCUT2D eigenvalue weighted by Crippen LogP contribution is 2.26. The van der Waals surface area contributed by atoms with Crippen LogP contribution in [-0.4, -0.2) is 30.0 Å². The highest BCUT2D eigenvalue weighted by molar-refractivity contribution is 7.98. The molecule has 1 aliphatic rings. The monoisotopic (exact) mass is 258 g/mol. The number of nitrogens with one attached hydrogen (secondary N) is 1. The minimum Gasteiger partial charge on any atom is -0.352 e. The summed E-state index contributed by atoms with van der Waals surface area (Å²) in [6.45, 7) is 2.12. The Kier molecular flexibility index (Phi) is 6.97. The molecule has 0 heterocycles. The van der Waals surface area contributed by atoms with Crippen molar-refractivity contribution in [2.24, 2.45) is 11.7 Å². The van der Waals surface area contributed by atoms with E-state index in [9.17, 15) is 4.79 Å². The Hall–Kier alpha value is -0.220. The van der Waals surface area contributed by atoms with E-state index >= 15 is 0 Å². The van der Waals surface area contributed by atoms with Gasteiger partial charge in [-0.05, 0) is 44.1 Å². The molecule has 100 valence electrons. The summed E-state index contributed by atoms with van der Waals surface area (Å²) in [7, 11) is 0. The highest BCUT2D eigenvalue weighted by Gasteiger charge is 2.23. The average Bonchev–Trinajstić information content (AvgIpc) is 2.36. The molecular formula is C13H26N2OS. The molecule has 1 fully saturated rings. The second kappa shape index (κ2) is 7.98. The van der Waals surface area contributed by atoms with Crippen LogP contribution in [0.15, 0.2) is 0 Å². The van der Waals surface area contributed by atoms with Crippen molar-refractivity contribution in [2.45, 2.75) is 57.5 Å². The van der Waals surface area contributed by atoms with Gasteiger partial charge in [0.25, 0.3) is 0 Å². The van der Waals surface area contributed by atoms with Gasteiger partial charge in [0.2, 0.25) is 5.91 Å². The molecule has 3 N–H and O–H groups in total. The normalized spacial score (nSPS) is 20.9. The maximum Gasteiger partial charge on any atom is 0.237 e. The zero-order valence-corrected chi connectivity index (χ0v) is 11.9. The van der Waals surface area contributed by atoms with E-state index in [1.807, 2.05) is 6.26 Å². The van der Waals surface area contributed by atoms with Crippen molar-refractivity contribution in [3.8, 4) is 0 Å². The molecule has 0 aromatic carbocycles. The van der Waals surface area contributed by atoms with Crippen molar-refractivity contribution in [3.63, 3.8) is 0 Å². The Bertz CT molecular complexity index is 229. The molecule has 0 bridgehead atoms. The topological polar surface area (TPSA) is 55.1 Å². The number of amides is 1. The summed E-state index contributed by atoms with van der Waals surface area (Å²) >= 11 is 1.73. The summed E-state index contributed by atoms with van der Waals surface area (Å²) < 4.78 is 0. The molecule has 3 nitrogen and oxygen atoms in total. The van der Waals surface area contributed by atoms with Crippen molar-refractivity contribution < 1.29 is 4.79 Å². The van der Waals surface area contributed by atoms with Crippen molar-refractivity contribution in [3.05, 3.63) is 0 Å². The number of carbonyl (C=O) groups excluding carboxylic acids is 1. The van der Waals surface area contributed by atoms with Gasteiger partial charge in [-0.15, -0.1) is 0 Å². The van der Waals surface area contributed by atoms with Crippen LogP contribution in [-0.2, 0) is 4.79 Å². The number of rotatable bonds is 6. The van der Waals surface area contributed by atoms with Crippen molar-refractivity contribution in [1.82, 2.24) is 5.32 Å². The Morgan fingerprint density at radius 1 is 1.41 bits per heavy atom. The first kappa shape index (κ1) is 14.8. The predicted octanol–water partition coefficient (Wildman–Crippen LogP) is 2.15. The minimum atomic E-state index is -0.339. The molecule has 2 atom stereocenters. The minimum absolute atomic E-state index is 0.0251. The first-order valence-electron chi connectivity index (χ1n) is 6.70. The smallest absolute Gasteiger partial charge is 0.237 e. The fourth-order valence-electron chi connectivity index (χ4n) is 2.46. The van der Waals surface area contributed by atoms with Crippen LogP contribution in [0.1, 0.15) is 45.4 Å². The van der Waals surface area contributed by atoms with Crippen LogP contribution >= 0.6 is 11.8 Å². The first-order chi connectivity index (χ1) is 8.15. The molecule has 0 saturated heterocycles. The van der Waals surface area contributed by atoms with Gasteiger partial charge in [-0.2, -0.15) is 11.8 Å². The Morgan fingerprint density at radius 2 is 2.06 bits per heavy atom. The average molecular weight is 258 g/mol. The zero-order chi connectivity index (χ0) is 12.7. The lowest BCUT2D eigenvalue weighted by Gasteiger charge is -2.29. The molecule has 0 aliphatic heterocycles. The number of hydrogen-bond acceptors (Lipinski definition) is 3. The fraction of sp³-hybridized carbons (Fsp3) is 0.923. The molecule has 1 rings (SSSR count). The van der Waals surface area contributed by atoms with Gasteiger partial charge in [0.15, 0.2) is 0 Å². The van der Waals surface area contributed by atoms with Crippen LogP contribution in [0.5, 0.6) is 0 Å². The first-order valence-corrected chi connectivity index (χ1v) is 8.09. The lowest BCUT2D eigenvalue weighted by Crippen LogP contribution is -2.47. The maximum absolute atomic E-state index is 11.9. The molecule has 0 aromatic heterocycles. The van der Waals surface area contributed by atoms with Crippen LogP contribution in [0.4, 0.5) is 0 Å². The molecular weight excluding hydrogens is 232 g/mol. The molecule has 1 amide bonds. The Labute approximate surface area is 109 Å². The van der Waals surface area contributed by atoms with E-state index in [1.165, 1.54) is 32.1 Å². The van der Waals surface area contributed by atoms with Gasteiger partial charge in [0, 0.05) is 6.04 Å². The summed E-state index contributed by atoms with van der Waals surface area (Å²) in [5.74, 6) is 1.63. The zero-order valence-electron chi connectivity index (χ0n) is 11.1. The number of hydrogen-bond donors (Lipinski definition) is 2. The predicted molar refractivity (Wildman–Crippen MR) is 75.2 cm³/mol. The molecule has 0 radical (unpaired) electrons. The summed E-state index contributed by atoms with van der Waals surface area (Å²) in [4.78, 5) is 11.9. The van der Waals surface area contributed by atoms with Gasteiger partial charge in [0.05, 0.1) is 6.04 Å². The van der Waals surface area contributed by atoms with Crippen LogP contribution < -0.4 is 11.1 Å². The van der Waals surface area contributed by atoms with Crippen LogP contribution in [0.2, 0.25) is 0 Å². The van der Waals surface area contributed by atoms with Gasteiger partial charge in [-0.25, -0.2) is 0 Å². The summed E-state index contributed by atoms with van der Waals surface area (Å²) in [5, 5.41) is 3.09. The largest absolute Gasteiger partial charge is 0.352 e. The Morgan fingerprint density at radius 3 is 2.65 bits per heavy atom. The van der Waals surface area contributed by atoms with Crippen LogP contribution in [0, 0.1) is 5.92 Å². The van der Waals surface area contributed by atoms with E-state index in [0.717, 1.165) is 12.2 Å². The van der Waals surface area contributed by atoms with Crippen LogP contribution in [0.3, 0.4) is 0 Å². The SMILES string of the molecule is CSCC[C@H](N)C(=O)NC(C)C1CCCCC1.